The second-order valence-corrected chi connectivity index (χ2v) is 6.03. The first-order valence-electron chi connectivity index (χ1n) is 6.74. The zero-order chi connectivity index (χ0) is 16.4. The molecule has 0 saturated heterocycles. The van der Waals surface area contributed by atoms with Crippen molar-refractivity contribution in [1.29, 1.82) is 0 Å². The molecule has 3 rings (SSSR count). The maximum atomic E-state index is 12.3. The van der Waals surface area contributed by atoms with Crippen molar-refractivity contribution < 1.29 is 9.59 Å². The highest BCUT2D eigenvalue weighted by molar-refractivity contribution is 7.16. The molecule has 7 nitrogen and oxygen atoms in total. The van der Waals surface area contributed by atoms with Crippen molar-refractivity contribution in [3.63, 3.8) is 0 Å². The molecule has 0 fully saturated rings. The number of rotatable bonds is 4. The Morgan fingerprint density at radius 2 is 2.00 bits per heavy atom. The molecule has 0 atom stereocenters. The summed E-state index contributed by atoms with van der Waals surface area (Å²) in [5, 5.41) is 11.3. The minimum atomic E-state index is -0.586. The van der Waals surface area contributed by atoms with Gasteiger partial charge in [0, 0.05) is 4.88 Å². The van der Waals surface area contributed by atoms with Crippen LogP contribution in [0, 0.1) is 6.92 Å². The fourth-order valence-electron chi connectivity index (χ4n) is 2.01. The number of amides is 2. The standard InChI is InChI=1S/C15H13N5O2S/c1-9-7-11(13(16)21)15(23-9)18-14(22)12-8-17-20(19-12)10-5-3-2-4-6-10/h2-8H,1H3,(H2,16,21)(H,18,22). The minimum Gasteiger partial charge on any atom is -0.366 e. The molecule has 23 heavy (non-hydrogen) atoms. The van der Waals surface area contributed by atoms with E-state index in [4.69, 9.17) is 5.73 Å². The summed E-state index contributed by atoms with van der Waals surface area (Å²) in [5.74, 6) is -1.03. The van der Waals surface area contributed by atoms with Gasteiger partial charge in [-0.1, -0.05) is 18.2 Å². The van der Waals surface area contributed by atoms with E-state index >= 15 is 0 Å². The molecule has 0 spiro atoms. The van der Waals surface area contributed by atoms with Crippen molar-refractivity contribution >= 4 is 28.2 Å². The summed E-state index contributed by atoms with van der Waals surface area (Å²) in [7, 11) is 0. The maximum Gasteiger partial charge on any atom is 0.278 e. The number of benzene rings is 1. The molecule has 2 heterocycles. The number of aryl methyl sites for hydroxylation is 1. The number of nitrogens with two attached hydrogens (primary N) is 1. The largest absolute Gasteiger partial charge is 0.366 e. The molecule has 8 heteroatoms. The van der Waals surface area contributed by atoms with Crippen LogP contribution in [0.1, 0.15) is 25.7 Å². The summed E-state index contributed by atoms with van der Waals surface area (Å²) in [5.41, 5.74) is 6.49. The number of carbonyl (C=O) groups is 2. The third-order valence-corrected chi connectivity index (χ3v) is 4.03. The van der Waals surface area contributed by atoms with E-state index in [1.807, 2.05) is 37.3 Å². The summed E-state index contributed by atoms with van der Waals surface area (Å²) >= 11 is 1.28. The Hall–Kier alpha value is -3.00. The van der Waals surface area contributed by atoms with Crippen LogP contribution in [0.3, 0.4) is 0 Å². The molecule has 2 aromatic heterocycles. The molecule has 3 aromatic rings. The molecule has 0 aliphatic carbocycles. The molecular weight excluding hydrogens is 314 g/mol. The zero-order valence-electron chi connectivity index (χ0n) is 12.2. The molecule has 1 aromatic carbocycles. The third kappa shape index (κ3) is 3.11. The summed E-state index contributed by atoms with van der Waals surface area (Å²) in [6, 6.07) is 10.9. The lowest BCUT2D eigenvalue weighted by Gasteiger charge is -2.02. The Kier molecular flexibility index (Phi) is 3.90. The summed E-state index contributed by atoms with van der Waals surface area (Å²) in [4.78, 5) is 25.9. The topological polar surface area (TPSA) is 103 Å². The average molecular weight is 327 g/mol. The molecule has 3 N–H and O–H groups in total. The number of para-hydroxylation sites is 1. The van der Waals surface area contributed by atoms with E-state index in [-0.39, 0.29) is 11.3 Å². The monoisotopic (exact) mass is 327 g/mol. The number of thiophene rings is 1. The van der Waals surface area contributed by atoms with Crippen LogP contribution in [0.25, 0.3) is 5.69 Å². The number of nitrogens with one attached hydrogen (secondary N) is 1. The van der Waals surface area contributed by atoms with Gasteiger partial charge in [-0.05, 0) is 25.1 Å². The fourth-order valence-corrected chi connectivity index (χ4v) is 2.92. The molecule has 2 amide bonds. The van der Waals surface area contributed by atoms with Gasteiger partial charge in [0.15, 0.2) is 5.69 Å². The molecule has 0 unspecified atom stereocenters. The second-order valence-electron chi connectivity index (χ2n) is 4.77. The van der Waals surface area contributed by atoms with Gasteiger partial charge in [0.1, 0.15) is 5.00 Å². The molecule has 0 radical (unpaired) electrons. The number of carbonyl (C=O) groups excluding carboxylic acids is 2. The van der Waals surface area contributed by atoms with Crippen molar-refractivity contribution in [2.45, 2.75) is 6.92 Å². The highest BCUT2D eigenvalue weighted by atomic mass is 32.1. The Morgan fingerprint density at radius 1 is 1.26 bits per heavy atom. The Morgan fingerprint density at radius 3 is 2.70 bits per heavy atom. The van der Waals surface area contributed by atoms with Crippen LogP contribution in [0.2, 0.25) is 0 Å². The van der Waals surface area contributed by atoms with Gasteiger partial charge in [-0.25, -0.2) is 0 Å². The lowest BCUT2D eigenvalue weighted by atomic mass is 10.3. The Balaban J connectivity index is 1.82. The number of hydrogen-bond donors (Lipinski definition) is 2. The number of aromatic nitrogens is 3. The van der Waals surface area contributed by atoms with Gasteiger partial charge in [-0.2, -0.15) is 9.90 Å². The Labute approximate surface area is 135 Å². The van der Waals surface area contributed by atoms with E-state index in [1.54, 1.807) is 6.07 Å². The van der Waals surface area contributed by atoms with Gasteiger partial charge in [-0.15, -0.1) is 16.4 Å². The van der Waals surface area contributed by atoms with Crippen LogP contribution < -0.4 is 11.1 Å². The second kappa shape index (κ2) is 6.01. The lowest BCUT2D eigenvalue weighted by molar-refractivity contribution is 0.100. The quantitative estimate of drug-likeness (QED) is 0.765. The smallest absolute Gasteiger partial charge is 0.278 e. The predicted molar refractivity (Wildman–Crippen MR) is 86.9 cm³/mol. The highest BCUT2D eigenvalue weighted by Crippen LogP contribution is 2.27. The third-order valence-electron chi connectivity index (χ3n) is 3.06. The van der Waals surface area contributed by atoms with Crippen LogP contribution in [0.5, 0.6) is 0 Å². The zero-order valence-corrected chi connectivity index (χ0v) is 13.0. The van der Waals surface area contributed by atoms with Crippen molar-refractivity contribution in [2.75, 3.05) is 5.32 Å². The molecule has 0 saturated carbocycles. The minimum absolute atomic E-state index is 0.148. The van der Waals surface area contributed by atoms with E-state index < -0.39 is 11.8 Å². The molecule has 0 aliphatic heterocycles. The molecule has 116 valence electrons. The number of anilines is 1. The first-order valence-corrected chi connectivity index (χ1v) is 7.55. The van der Waals surface area contributed by atoms with Crippen LogP contribution in [0.15, 0.2) is 42.6 Å². The van der Waals surface area contributed by atoms with E-state index in [0.29, 0.717) is 5.00 Å². The Bertz CT molecular complexity index is 869. The number of hydrogen-bond acceptors (Lipinski definition) is 5. The van der Waals surface area contributed by atoms with Gasteiger partial charge in [0.2, 0.25) is 0 Å². The maximum absolute atomic E-state index is 12.3. The van der Waals surface area contributed by atoms with E-state index in [9.17, 15) is 9.59 Å². The van der Waals surface area contributed by atoms with Crippen LogP contribution in [-0.2, 0) is 0 Å². The van der Waals surface area contributed by atoms with Gasteiger partial charge >= 0.3 is 0 Å². The highest BCUT2D eigenvalue weighted by Gasteiger charge is 2.17. The summed E-state index contributed by atoms with van der Waals surface area (Å²) < 4.78 is 0. The molecular formula is C15H13N5O2S. The normalized spacial score (nSPS) is 10.5. The molecule has 0 bridgehead atoms. The van der Waals surface area contributed by atoms with E-state index in [2.05, 4.69) is 15.5 Å². The predicted octanol–water partition coefficient (Wildman–Crippen LogP) is 1.99. The fraction of sp³-hybridized carbons (Fsp3) is 0.0667. The SMILES string of the molecule is Cc1cc(C(N)=O)c(NC(=O)c2cnn(-c3ccccc3)n2)s1. The van der Waals surface area contributed by atoms with E-state index in [1.165, 1.54) is 22.3 Å². The lowest BCUT2D eigenvalue weighted by Crippen LogP contribution is -2.17. The van der Waals surface area contributed by atoms with Crippen LogP contribution >= 0.6 is 11.3 Å². The first-order chi connectivity index (χ1) is 11.0. The van der Waals surface area contributed by atoms with Crippen LogP contribution in [-0.4, -0.2) is 26.8 Å². The van der Waals surface area contributed by atoms with Crippen molar-refractivity contribution in [3.05, 3.63) is 58.7 Å². The van der Waals surface area contributed by atoms with Gasteiger partial charge in [0.25, 0.3) is 11.8 Å². The average Bonchev–Trinajstić information content (AvgIpc) is 3.15. The van der Waals surface area contributed by atoms with Gasteiger partial charge in [-0.3, -0.25) is 9.59 Å². The van der Waals surface area contributed by atoms with Gasteiger partial charge < -0.3 is 11.1 Å². The summed E-state index contributed by atoms with van der Waals surface area (Å²) in [6.07, 6.45) is 1.37. The van der Waals surface area contributed by atoms with Crippen LogP contribution in [0.4, 0.5) is 5.00 Å². The number of primary amides is 1. The van der Waals surface area contributed by atoms with Crippen molar-refractivity contribution in [1.82, 2.24) is 15.0 Å². The molecule has 0 aliphatic rings. The van der Waals surface area contributed by atoms with Crippen molar-refractivity contribution in [2.24, 2.45) is 5.73 Å². The summed E-state index contributed by atoms with van der Waals surface area (Å²) in [6.45, 7) is 1.83. The van der Waals surface area contributed by atoms with E-state index in [0.717, 1.165) is 10.6 Å². The number of nitrogens with zero attached hydrogens (tertiary/aromatic N) is 3. The van der Waals surface area contributed by atoms with Crippen molar-refractivity contribution in [3.8, 4) is 5.69 Å². The first kappa shape index (κ1) is 14.9. The van der Waals surface area contributed by atoms with Gasteiger partial charge in [0.05, 0.1) is 17.4 Å².